The summed E-state index contributed by atoms with van der Waals surface area (Å²) in [5.74, 6) is -66.8. The molecule has 2 aromatic carbocycles. The van der Waals surface area contributed by atoms with Crippen LogP contribution in [0, 0.1) is 23.7 Å². The summed E-state index contributed by atoms with van der Waals surface area (Å²) < 4.78 is 339. The second kappa shape index (κ2) is 11.7. The molecule has 0 saturated carbocycles. The van der Waals surface area contributed by atoms with Gasteiger partial charge in [-0.05, 0) is 0 Å². The van der Waals surface area contributed by atoms with E-state index >= 15 is 70.2 Å². The first-order chi connectivity index (χ1) is 25.1. The number of rotatable bonds is 1. The van der Waals surface area contributed by atoms with E-state index in [0.717, 1.165) is 0 Å². The Bertz CT molecular complexity index is 1890. The predicted octanol–water partition coefficient (Wildman–Crippen LogP) is 12.6. The van der Waals surface area contributed by atoms with Crippen LogP contribution in [0.5, 0.6) is 0 Å². The molecule has 0 aliphatic heterocycles. The third-order valence-corrected chi connectivity index (χ3v) is 10.1. The number of halogens is 22. The van der Waals surface area contributed by atoms with Crippen LogP contribution >= 0.6 is 0 Å². The van der Waals surface area contributed by atoms with Gasteiger partial charge in [-0.25, -0.2) is 0 Å². The second-order valence-electron chi connectivity index (χ2n) is 13.3. The smallest absolute Gasteiger partial charge is 0.194 e. The number of benzene rings is 2. The van der Waals surface area contributed by atoms with E-state index in [9.17, 15) is 26.3 Å². The summed E-state index contributed by atoms with van der Waals surface area (Å²) in [6.07, 6.45) is -17.9. The average Bonchev–Trinajstić information content (AvgIpc) is 3.08. The SMILES string of the molecule is FC(F)(F)[C@H]1C=C2[C@@H]([C@H]3C=C4[C@@H](C(F)(F)F)C=C3C(F)(F)C(F)(F)c3ccc(cc3)C(F)(F)C4(F)F)C=C1C(F)(F)C(F)(F)c1ccc(cc1)C(F)(F)C2(F)F. The Labute approximate surface area is 297 Å². The summed E-state index contributed by atoms with van der Waals surface area (Å²) in [7, 11) is 0. The normalized spacial score (nSPS) is 30.5. The van der Waals surface area contributed by atoms with Crippen molar-refractivity contribution >= 4 is 0 Å². The van der Waals surface area contributed by atoms with Gasteiger partial charge in [0.2, 0.25) is 0 Å². The van der Waals surface area contributed by atoms with Gasteiger partial charge in [0, 0.05) is 56.4 Å². The third-order valence-electron chi connectivity index (χ3n) is 10.1. The van der Waals surface area contributed by atoms with E-state index < -0.39 is 152 Å². The molecule has 8 bridgehead atoms. The van der Waals surface area contributed by atoms with Crippen LogP contribution in [0.4, 0.5) is 96.6 Å². The van der Waals surface area contributed by atoms with E-state index in [4.69, 9.17) is 0 Å². The minimum absolute atomic E-state index is 0.312. The molecule has 0 N–H and O–H groups in total. The Morgan fingerprint density at radius 3 is 0.679 bits per heavy atom. The van der Waals surface area contributed by atoms with E-state index in [-0.39, 0.29) is 48.5 Å². The second-order valence-corrected chi connectivity index (χ2v) is 13.3. The average molecular weight is 842 g/mol. The zero-order valence-electron chi connectivity index (χ0n) is 26.6. The van der Waals surface area contributed by atoms with Gasteiger partial charge in [-0.3, -0.25) is 0 Å². The molecule has 10 aliphatic rings. The van der Waals surface area contributed by atoms with Crippen molar-refractivity contribution in [1.82, 2.24) is 0 Å². The van der Waals surface area contributed by atoms with Gasteiger partial charge in [0.05, 0.1) is 0 Å². The van der Waals surface area contributed by atoms with Crippen molar-refractivity contribution in [3.63, 3.8) is 0 Å². The Morgan fingerprint density at radius 1 is 0.286 bits per heavy atom. The maximum absolute atomic E-state index is 16.2. The van der Waals surface area contributed by atoms with Gasteiger partial charge in [0.25, 0.3) is 0 Å². The van der Waals surface area contributed by atoms with Crippen LogP contribution < -0.4 is 0 Å². The Morgan fingerprint density at radius 2 is 0.482 bits per heavy atom. The lowest BCUT2D eigenvalue weighted by molar-refractivity contribution is -0.220. The van der Waals surface area contributed by atoms with Gasteiger partial charge in [-0.1, -0.05) is 72.8 Å². The monoisotopic (exact) mass is 842 g/mol. The first kappa shape index (κ1) is 41.5. The van der Waals surface area contributed by atoms with Crippen LogP contribution in [0.3, 0.4) is 0 Å². The highest BCUT2D eigenvalue weighted by atomic mass is 19.4. The van der Waals surface area contributed by atoms with Crippen LogP contribution in [-0.4, -0.2) is 36.0 Å². The van der Waals surface area contributed by atoms with Crippen LogP contribution in [0.1, 0.15) is 22.3 Å². The highest BCUT2D eigenvalue weighted by molar-refractivity contribution is 5.51. The molecule has 2 aromatic rings. The first-order valence-corrected chi connectivity index (χ1v) is 15.4. The highest BCUT2D eigenvalue weighted by Crippen LogP contribution is 2.64. The Hall–Kier alpha value is -4.14. The van der Waals surface area contributed by atoms with Crippen LogP contribution in [0.2, 0.25) is 0 Å². The minimum atomic E-state index is -6.47. The van der Waals surface area contributed by atoms with Crippen LogP contribution in [0.15, 0.2) is 95.1 Å². The standard InChI is InChI=1S/C34H16F22/c35-25(36)13-1-5-15(6-2-13)27(39,40)31(47,48)21-9-17(19(29(25,43)44)11-23(21)33(51,52)53)18-10-22-24(34(54,55)56)12-20(18)30(45,46)26(37,38)14-3-7-16(8-4-14)28(41,42)32(22,49)50/h1-12,17-18,23-24H/t17-,18-,23+,24+/m1/s1. The van der Waals surface area contributed by atoms with E-state index in [2.05, 4.69) is 0 Å². The molecular weight excluding hydrogens is 826 g/mol. The zero-order valence-corrected chi connectivity index (χ0v) is 26.6. The van der Waals surface area contributed by atoms with Crippen molar-refractivity contribution < 1.29 is 96.6 Å². The minimum Gasteiger partial charge on any atom is -0.194 e. The predicted molar refractivity (Wildman–Crippen MR) is 147 cm³/mol. The summed E-state index contributed by atoms with van der Waals surface area (Å²) in [6, 6.07) is -2.56. The highest BCUT2D eigenvalue weighted by Gasteiger charge is 2.72. The van der Waals surface area contributed by atoms with Crippen LogP contribution in [-0.2, 0) is 23.7 Å². The molecule has 0 heterocycles. The molecule has 22 heteroatoms. The molecule has 0 amide bonds. The maximum Gasteiger partial charge on any atom is 0.399 e. The molecule has 4 atom stereocenters. The maximum atomic E-state index is 16.2. The Kier molecular flexibility index (Phi) is 8.68. The van der Waals surface area contributed by atoms with E-state index in [1.807, 2.05) is 0 Å². The van der Waals surface area contributed by atoms with Crippen molar-refractivity contribution in [2.45, 2.75) is 59.7 Å². The number of hydrogen-bond acceptors (Lipinski definition) is 0. The van der Waals surface area contributed by atoms with Crippen molar-refractivity contribution in [3.8, 4) is 0 Å². The molecule has 56 heavy (non-hydrogen) atoms. The molecule has 0 nitrogen and oxygen atoms in total. The summed E-state index contributed by atoms with van der Waals surface area (Å²) >= 11 is 0. The van der Waals surface area contributed by atoms with Crippen molar-refractivity contribution in [1.29, 1.82) is 0 Å². The van der Waals surface area contributed by atoms with E-state index in [1.165, 1.54) is 0 Å². The zero-order chi connectivity index (χ0) is 42.4. The summed E-state index contributed by atoms with van der Waals surface area (Å²) in [4.78, 5) is 0. The van der Waals surface area contributed by atoms with Gasteiger partial charge in [0.1, 0.15) is 11.8 Å². The molecule has 0 unspecified atom stereocenters. The molecule has 10 aliphatic carbocycles. The molecule has 0 radical (unpaired) electrons. The fourth-order valence-electron chi connectivity index (χ4n) is 7.13. The molecule has 0 spiro atoms. The van der Waals surface area contributed by atoms with E-state index in [0.29, 0.717) is 0 Å². The lowest BCUT2D eigenvalue weighted by Crippen LogP contribution is -2.52. The number of allylic oxidation sites excluding steroid dienone is 8. The fraction of sp³-hybridized carbons (Fsp3) is 0.412. The van der Waals surface area contributed by atoms with Crippen LogP contribution in [0.25, 0.3) is 0 Å². The lowest BCUT2D eigenvalue weighted by Gasteiger charge is -2.45. The van der Waals surface area contributed by atoms with E-state index in [1.54, 1.807) is 0 Å². The molecule has 0 fully saturated rings. The van der Waals surface area contributed by atoms with Gasteiger partial charge in [0.15, 0.2) is 0 Å². The first-order valence-electron chi connectivity index (χ1n) is 15.4. The van der Waals surface area contributed by atoms with Gasteiger partial charge >= 0.3 is 59.7 Å². The van der Waals surface area contributed by atoms with Crippen molar-refractivity contribution in [2.24, 2.45) is 23.7 Å². The Balaban J connectivity index is 1.79. The molecule has 0 aromatic heterocycles. The molecular formula is C34H16F22. The van der Waals surface area contributed by atoms with Crippen molar-refractivity contribution in [2.75, 3.05) is 0 Å². The van der Waals surface area contributed by atoms with Gasteiger partial charge in [-0.15, -0.1) is 0 Å². The quantitative estimate of drug-likeness (QED) is 0.198. The summed E-state index contributed by atoms with van der Waals surface area (Å²) in [6.45, 7) is 0. The molecule has 12 rings (SSSR count). The number of hydrogen-bond donors (Lipinski definition) is 0. The largest absolute Gasteiger partial charge is 0.399 e. The number of alkyl halides is 22. The fourth-order valence-corrected chi connectivity index (χ4v) is 7.13. The third kappa shape index (κ3) is 5.44. The lowest BCUT2D eigenvalue weighted by atomic mass is 9.64. The van der Waals surface area contributed by atoms with Gasteiger partial charge in [-0.2, -0.15) is 96.6 Å². The van der Waals surface area contributed by atoms with Crippen molar-refractivity contribution in [3.05, 3.63) is 117 Å². The van der Waals surface area contributed by atoms with Gasteiger partial charge < -0.3 is 0 Å². The topological polar surface area (TPSA) is 0 Å². The molecule has 306 valence electrons. The molecule has 0 saturated heterocycles. The summed E-state index contributed by atoms with van der Waals surface area (Å²) in [5.41, 5.74) is -21.0. The summed E-state index contributed by atoms with van der Waals surface area (Å²) in [5, 5.41) is 0.